The molecule has 1 aliphatic rings. The molecule has 2 amide bonds. The van der Waals surface area contributed by atoms with Gasteiger partial charge in [0.05, 0.1) is 24.0 Å². The topological polar surface area (TPSA) is 58.9 Å². The van der Waals surface area contributed by atoms with E-state index in [0.29, 0.717) is 13.1 Å². The summed E-state index contributed by atoms with van der Waals surface area (Å²) in [5.41, 5.74) is 3.89. The van der Waals surface area contributed by atoms with Gasteiger partial charge in [0.15, 0.2) is 0 Å². The van der Waals surface area contributed by atoms with Crippen LogP contribution in [-0.4, -0.2) is 40.5 Å². The lowest BCUT2D eigenvalue weighted by molar-refractivity contribution is 0.191. The van der Waals surface area contributed by atoms with Crippen molar-refractivity contribution >= 4 is 17.2 Å². The molecule has 4 aromatic rings. The molecule has 0 spiro atoms. The number of ether oxygens (including phenoxy) is 1. The third kappa shape index (κ3) is 4.21. The van der Waals surface area contributed by atoms with Crippen LogP contribution in [0.15, 0.2) is 66.9 Å². The number of hydrogen-bond acceptors (Lipinski definition) is 3. The molecule has 0 aliphatic carbocycles. The van der Waals surface area contributed by atoms with Crippen LogP contribution in [0.2, 0.25) is 0 Å². The van der Waals surface area contributed by atoms with Crippen molar-refractivity contribution in [3.63, 3.8) is 0 Å². The van der Waals surface area contributed by atoms with Gasteiger partial charge in [0.25, 0.3) is 0 Å². The summed E-state index contributed by atoms with van der Waals surface area (Å²) in [4.78, 5) is 19.8. The lowest BCUT2D eigenvalue weighted by Crippen LogP contribution is -2.42. The minimum Gasteiger partial charge on any atom is -0.497 e. The molecule has 0 bridgehead atoms. The van der Waals surface area contributed by atoms with Crippen LogP contribution < -0.4 is 10.1 Å². The summed E-state index contributed by atoms with van der Waals surface area (Å²) >= 11 is 0. The number of carbonyl (C=O) groups is 1. The average Bonchev–Trinajstić information content (AvgIpc) is 3.26. The summed E-state index contributed by atoms with van der Waals surface area (Å²) in [6.45, 7) is 2.96. The van der Waals surface area contributed by atoms with Crippen molar-refractivity contribution < 1.29 is 13.9 Å². The van der Waals surface area contributed by atoms with Crippen molar-refractivity contribution in [2.45, 2.75) is 25.7 Å². The van der Waals surface area contributed by atoms with E-state index in [1.807, 2.05) is 49.5 Å². The molecule has 1 saturated heterocycles. The lowest BCUT2D eigenvalue weighted by Gasteiger charge is -2.32. The molecule has 2 aromatic carbocycles. The molecular formula is C27H27FN4O2. The number of rotatable bonds is 4. The summed E-state index contributed by atoms with van der Waals surface area (Å²) in [6, 6.07) is 18.4. The number of halogens is 1. The van der Waals surface area contributed by atoms with Gasteiger partial charge in [-0.05, 0) is 61.7 Å². The van der Waals surface area contributed by atoms with Gasteiger partial charge in [-0.3, -0.25) is 0 Å². The third-order valence-corrected chi connectivity index (χ3v) is 6.36. The number of nitrogens with one attached hydrogen (secondary N) is 1. The molecule has 0 saturated carbocycles. The highest BCUT2D eigenvalue weighted by molar-refractivity contribution is 5.89. The number of amides is 2. The van der Waals surface area contributed by atoms with E-state index < -0.39 is 5.82 Å². The Bertz CT molecular complexity index is 1350. The highest BCUT2D eigenvalue weighted by Crippen LogP contribution is 2.33. The fourth-order valence-electron chi connectivity index (χ4n) is 4.62. The summed E-state index contributed by atoms with van der Waals surface area (Å²) < 4.78 is 21.8. The van der Waals surface area contributed by atoms with Gasteiger partial charge < -0.3 is 19.4 Å². The fourth-order valence-corrected chi connectivity index (χ4v) is 4.62. The van der Waals surface area contributed by atoms with E-state index in [1.54, 1.807) is 24.1 Å². The Morgan fingerprint density at radius 2 is 2.03 bits per heavy atom. The number of fused-ring (bicyclic) bond motifs is 1. The van der Waals surface area contributed by atoms with E-state index >= 15 is 0 Å². The molecule has 3 heterocycles. The predicted molar refractivity (Wildman–Crippen MR) is 131 cm³/mol. The molecule has 0 unspecified atom stereocenters. The molecule has 1 aliphatic heterocycles. The zero-order chi connectivity index (χ0) is 23.7. The standard InChI is InChI=1S/C27H27FN4O2/c1-18-11-12-23(22(28)15-18)29-27(33)31-13-6-8-20(17-31)26-30-25(24-10-3-4-14-32(24)26)19-7-5-9-21(16-19)34-2/h3-5,7,9-12,14-16,20H,6,8,13,17H2,1-2H3,(H,29,33)/t20-/m1/s1. The van der Waals surface area contributed by atoms with Crippen molar-refractivity contribution in [1.82, 2.24) is 14.3 Å². The van der Waals surface area contributed by atoms with Crippen LogP contribution >= 0.6 is 0 Å². The summed E-state index contributed by atoms with van der Waals surface area (Å²) in [5.74, 6) is 1.34. The number of carbonyl (C=O) groups excluding carboxylic acids is 1. The van der Waals surface area contributed by atoms with Gasteiger partial charge in [-0.25, -0.2) is 14.2 Å². The number of methoxy groups -OCH3 is 1. The summed E-state index contributed by atoms with van der Waals surface area (Å²) in [5, 5.41) is 2.73. The maximum atomic E-state index is 14.3. The number of piperidine rings is 1. The molecule has 174 valence electrons. The van der Waals surface area contributed by atoms with Crippen LogP contribution in [0.3, 0.4) is 0 Å². The Morgan fingerprint density at radius 1 is 1.15 bits per heavy atom. The number of nitrogens with zero attached hydrogens (tertiary/aromatic N) is 3. The number of benzene rings is 2. The number of aromatic nitrogens is 2. The molecule has 0 radical (unpaired) electrons. The van der Waals surface area contributed by atoms with E-state index in [4.69, 9.17) is 9.72 Å². The van der Waals surface area contributed by atoms with Crippen molar-refractivity contribution in [3.8, 4) is 17.0 Å². The van der Waals surface area contributed by atoms with Gasteiger partial charge in [-0.2, -0.15) is 0 Å². The monoisotopic (exact) mass is 458 g/mol. The molecular weight excluding hydrogens is 431 g/mol. The van der Waals surface area contributed by atoms with Gasteiger partial charge in [-0.15, -0.1) is 0 Å². The van der Waals surface area contributed by atoms with E-state index in [2.05, 4.69) is 15.8 Å². The number of likely N-dealkylation sites (tertiary alicyclic amines) is 1. The normalized spacial score (nSPS) is 16.0. The molecule has 6 nitrogen and oxygen atoms in total. The van der Waals surface area contributed by atoms with Crippen LogP contribution in [0.5, 0.6) is 5.75 Å². The minimum atomic E-state index is -0.427. The number of anilines is 1. The van der Waals surface area contributed by atoms with Gasteiger partial charge in [0.1, 0.15) is 17.4 Å². The number of hydrogen-bond donors (Lipinski definition) is 1. The van der Waals surface area contributed by atoms with Crippen molar-refractivity contribution in [3.05, 3.63) is 84.1 Å². The zero-order valence-corrected chi connectivity index (χ0v) is 19.3. The Morgan fingerprint density at radius 3 is 2.85 bits per heavy atom. The maximum absolute atomic E-state index is 14.3. The van der Waals surface area contributed by atoms with Gasteiger partial charge in [0.2, 0.25) is 0 Å². The van der Waals surface area contributed by atoms with E-state index in [1.165, 1.54) is 6.07 Å². The second-order valence-corrected chi connectivity index (χ2v) is 8.71. The highest BCUT2D eigenvalue weighted by atomic mass is 19.1. The van der Waals surface area contributed by atoms with E-state index in [0.717, 1.165) is 46.8 Å². The Balaban J connectivity index is 1.43. The van der Waals surface area contributed by atoms with E-state index in [-0.39, 0.29) is 17.6 Å². The van der Waals surface area contributed by atoms with Gasteiger partial charge in [0, 0.05) is 30.8 Å². The zero-order valence-electron chi connectivity index (χ0n) is 19.3. The molecule has 5 rings (SSSR count). The SMILES string of the molecule is COc1cccc(-c2nc([C@@H]3CCCN(C(=O)Nc4ccc(C)cc4F)C3)n3ccccc23)c1. The molecule has 7 heteroatoms. The minimum absolute atomic E-state index is 0.0663. The lowest BCUT2D eigenvalue weighted by atomic mass is 9.97. The second-order valence-electron chi connectivity index (χ2n) is 8.71. The Labute approximate surface area is 198 Å². The number of pyridine rings is 1. The van der Waals surface area contributed by atoms with Gasteiger partial charge >= 0.3 is 6.03 Å². The average molecular weight is 459 g/mol. The quantitative estimate of drug-likeness (QED) is 0.416. The molecule has 34 heavy (non-hydrogen) atoms. The third-order valence-electron chi connectivity index (χ3n) is 6.36. The second kappa shape index (κ2) is 9.17. The van der Waals surface area contributed by atoms with Crippen LogP contribution in [0.25, 0.3) is 16.8 Å². The summed E-state index contributed by atoms with van der Waals surface area (Å²) in [6.07, 6.45) is 3.79. The van der Waals surface area contributed by atoms with Crippen molar-refractivity contribution in [1.29, 1.82) is 0 Å². The number of aryl methyl sites for hydroxylation is 1. The smallest absolute Gasteiger partial charge is 0.321 e. The van der Waals surface area contributed by atoms with E-state index in [9.17, 15) is 9.18 Å². The first kappa shape index (κ1) is 21.9. The first-order chi connectivity index (χ1) is 16.5. The largest absolute Gasteiger partial charge is 0.497 e. The van der Waals surface area contributed by atoms with Crippen molar-refractivity contribution in [2.75, 3.05) is 25.5 Å². The van der Waals surface area contributed by atoms with Gasteiger partial charge in [-0.1, -0.05) is 24.3 Å². The first-order valence-corrected chi connectivity index (χ1v) is 11.5. The summed E-state index contributed by atoms with van der Waals surface area (Å²) in [7, 11) is 1.65. The molecule has 1 fully saturated rings. The van der Waals surface area contributed by atoms with Crippen LogP contribution in [0.4, 0.5) is 14.9 Å². The first-order valence-electron chi connectivity index (χ1n) is 11.5. The van der Waals surface area contributed by atoms with Crippen LogP contribution in [0.1, 0.15) is 30.1 Å². The Hall–Kier alpha value is -3.87. The number of imidazole rings is 1. The molecule has 2 aromatic heterocycles. The molecule has 1 atom stereocenters. The number of urea groups is 1. The Kier molecular flexibility index (Phi) is 5.92. The highest BCUT2D eigenvalue weighted by Gasteiger charge is 2.29. The predicted octanol–water partition coefficient (Wildman–Crippen LogP) is 5.87. The van der Waals surface area contributed by atoms with Crippen LogP contribution in [-0.2, 0) is 0 Å². The molecule has 1 N–H and O–H groups in total. The fraction of sp³-hybridized carbons (Fsp3) is 0.259. The van der Waals surface area contributed by atoms with Crippen molar-refractivity contribution in [2.24, 2.45) is 0 Å². The van der Waals surface area contributed by atoms with Crippen LogP contribution in [0, 0.1) is 12.7 Å². The maximum Gasteiger partial charge on any atom is 0.321 e.